The summed E-state index contributed by atoms with van der Waals surface area (Å²) in [6.07, 6.45) is 0. The summed E-state index contributed by atoms with van der Waals surface area (Å²) in [5.41, 5.74) is 5.22. The van der Waals surface area contributed by atoms with Gasteiger partial charge in [0.05, 0.1) is 0 Å². The molecule has 130 valence electrons. The maximum absolute atomic E-state index is 11.9. The molecule has 4 heteroatoms. The number of halogens is 1. The van der Waals surface area contributed by atoms with E-state index in [1.54, 1.807) is 6.07 Å². The third-order valence-corrected chi connectivity index (χ3v) is 5.86. The maximum atomic E-state index is 11.9. The third kappa shape index (κ3) is 4.36. The molecule has 0 aliphatic rings. The molecule has 0 radical (unpaired) electrons. The van der Waals surface area contributed by atoms with Gasteiger partial charge in [-0.2, -0.15) is 11.8 Å². The fourth-order valence-corrected chi connectivity index (χ4v) is 4.25. The summed E-state index contributed by atoms with van der Waals surface area (Å²) in [6.45, 7) is 6.45. The van der Waals surface area contributed by atoms with Crippen LogP contribution >= 0.6 is 27.7 Å². The lowest BCUT2D eigenvalue weighted by Gasteiger charge is -2.13. The van der Waals surface area contributed by atoms with E-state index in [0.29, 0.717) is 11.5 Å². The van der Waals surface area contributed by atoms with Crippen molar-refractivity contribution >= 4 is 38.7 Å². The van der Waals surface area contributed by atoms with Gasteiger partial charge >= 0.3 is 5.63 Å². The summed E-state index contributed by atoms with van der Waals surface area (Å²) in [7, 11) is 0. The molecule has 0 aliphatic heterocycles. The van der Waals surface area contributed by atoms with Crippen molar-refractivity contribution in [1.82, 2.24) is 0 Å². The largest absolute Gasteiger partial charge is 0.423 e. The Labute approximate surface area is 160 Å². The first-order valence-corrected chi connectivity index (χ1v) is 10.3. The van der Waals surface area contributed by atoms with Crippen LogP contribution in [-0.4, -0.2) is 0 Å². The van der Waals surface area contributed by atoms with Crippen molar-refractivity contribution in [2.45, 2.75) is 38.2 Å². The molecule has 0 bridgehead atoms. The van der Waals surface area contributed by atoms with E-state index >= 15 is 0 Å². The molecule has 0 atom stereocenters. The van der Waals surface area contributed by atoms with Crippen molar-refractivity contribution in [3.05, 3.63) is 79.6 Å². The molecule has 3 aromatic rings. The Morgan fingerprint density at radius 2 is 1.80 bits per heavy atom. The van der Waals surface area contributed by atoms with E-state index in [4.69, 9.17) is 4.42 Å². The monoisotopic (exact) mass is 416 g/mol. The van der Waals surface area contributed by atoms with Gasteiger partial charge in [0.1, 0.15) is 5.58 Å². The predicted octanol–water partition coefficient (Wildman–Crippen LogP) is 6.42. The quantitative estimate of drug-likeness (QED) is 0.449. The second kappa shape index (κ2) is 7.79. The summed E-state index contributed by atoms with van der Waals surface area (Å²) in [6, 6.07) is 14.2. The number of hydrogen-bond acceptors (Lipinski definition) is 3. The van der Waals surface area contributed by atoms with Crippen molar-refractivity contribution in [3.63, 3.8) is 0 Å². The highest BCUT2D eigenvalue weighted by atomic mass is 79.9. The van der Waals surface area contributed by atoms with Crippen LogP contribution in [0.3, 0.4) is 0 Å². The van der Waals surface area contributed by atoms with E-state index in [2.05, 4.69) is 67.0 Å². The Morgan fingerprint density at radius 3 is 2.48 bits per heavy atom. The lowest BCUT2D eigenvalue weighted by Crippen LogP contribution is -2.02. The molecule has 0 unspecified atom stereocenters. The fourth-order valence-electron chi connectivity index (χ4n) is 2.99. The molecule has 0 saturated heterocycles. The second-order valence-corrected chi connectivity index (χ2v) is 8.47. The van der Waals surface area contributed by atoms with Crippen LogP contribution in [0.15, 0.2) is 56.1 Å². The Kier molecular flexibility index (Phi) is 5.70. The van der Waals surface area contributed by atoms with E-state index in [9.17, 15) is 4.79 Å². The number of thioether (sulfide) groups is 1. The van der Waals surface area contributed by atoms with E-state index < -0.39 is 0 Å². The summed E-state index contributed by atoms with van der Waals surface area (Å²) in [5.74, 6) is 2.15. The van der Waals surface area contributed by atoms with Gasteiger partial charge in [-0.25, -0.2) is 4.79 Å². The van der Waals surface area contributed by atoms with Gasteiger partial charge in [0, 0.05) is 27.4 Å². The van der Waals surface area contributed by atoms with Crippen LogP contribution < -0.4 is 5.63 Å². The van der Waals surface area contributed by atoms with Crippen molar-refractivity contribution in [3.8, 4) is 0 Å². The molecule has 0 spiro atoms. The topological polar surface area (TPSA) is 30.2 Å². The van der Waals surface area contributed by atoms with Crippen molar-refractivity contribution in [1.29, 1.82) is 0 Å². The van der Waals surface area contributed by atoms with Gasteiger partial charge in [0.25, 0.3) is 0 Å². The Hall–Kier alpha value is -1.52. The van der Waals surface area contributed by atoms with Crippen LogP contribution in [0.25, 0.3) is 11.0 Å². The molecule has 0 amide bonds. The molecule has 25 heavy (non-hydrogen) atoms. The minimum Gasteiger partial charge on any atom is -0.423 e. The molecule has 3 rings (SSSR count). The molecule has 0 fully saturated rings. The Morgan fingerprint density at radius 1 is 1.08 bits per heavy atom. The highest BCUT2D eigenvalue weighted by Gasteiger charge is 2.11. The maximum Gasteiger partial charge on any atom is 0.336 e. The van der Waals surface area contributed by atoms with E-state index in [1.165, 1.54) is 16.7 Å². The van der Waals surface area contributed by atoms with E-state index in [1.807, 2.05) is 17.8 Å². The lowest BCUT2D eigenvalue weighted by molar-refractivity contribution is 0.559. The minimum absolute atomic E-state index is 0.275. The molecule has 2 nitrogen and oxygen atoms in total. The van der Waals surface area contributed by atoms with Crippen LogP contribution in [0.5, 0.6) is 0 Å². The Balaban J connectivity index is 1.88. The SMILES string of the molecule is Cc1cc2oc(=O)cc(CSCc3ccc(Br)cc3)c2cc1C(C)C. The molecule has 0 N–H and O–H groups in total. The average Bonchev–Trinajstić information content (AvgIpc) is 2.55. The number of hydrogen-bond donors (Lipinski definition) is 0. The molecule has 2 aromatic carbocycles. The number of fused-ring (bicyclic) bond motifs is 1. The summed E-state index contributed by atoms with van der Waals surface area (Å²) in [5, 5.41) is 1.05. The van der Waals surface area contributed by atoms with Gasteiger partial charge in [-0.3, -0.25) is 0 Å². The van der Waals surface area contributed by atoms with Gasteiger partial charge in [-0.15, -0.1) is 0 Å². The van der Waals surface area contributed by atoms with E-state index in [-0.39, 0.29) is 5.63 Å². The van der Waals surface area contributed by atoms with Crippen LogP contribution in [-0.2, 0) is 11.5 Å². The first-order chi connectivity index (χ1) is 11.9. The molecule has 0 aliphatic carbocycles. The average molecular weight is 417 g/mol. The van der Waals surface area contributed by atoms with Gasteiger partial charge in [-0.05, 0) is 59.4 Å². The highest BCUT2D eigenvalue weighted by molar-refractivity contribution is 9.10. The minimum atomic E-state index is -0.275. The predicted molar refractivity (Wildman–Crippen MR) is 110 cm³/mol. The molecule has 1 heterocycles. The van der Waals surface area contributed by atoms with Crippen molar-refractivity contribution < 1.29 is 4.42 Å². The summed E-state index contributed by atoms with van der Waals surface area (Å²) in [4.78, 5) is 11.9. The number of benzene rings is 2. The van der Waals surface area contributed by atoms with E-state index in [0.717, 1.165) is 26.9 Å². The van der Waals surface area contributed by atoms with Crippen LogP contribution in [0.2, 0.25) is 0 Å². The number of aryl methyl sites for hydroxylation is 1. The zero-order valence-corrected chi connectivity index (χ0v) is 17.0. The van der Waals surface area contributed by atoms with Crippen LogP contribution in [0, 0.1) is 6.92 Å². The van der Waals surface area contributed by atoms with Crippen molar-refractivity contribution in [2.24, 2.45) is 0 Å². The molecular formula is C21H21BrO2S. The Bertz CT molecular complexity index is 943. The lowest BCUT2D eigenvalue weighted by atomic mass is 9.95. The zero-order chi connectivity index (χ0) is 18.0. The fraction of sp³-hybridized carbons (Fsp3) is 0.286. The smallest absolute Gasteiger partial charge is 0.336 e. The molecular weight excluding hydrogens is 396 g/mol. The normalized spacial score (nSPS) is 11.4. The second-order valence-electron chi connectivity index (χ2n) is 6.57. The third-order valence-electron chi connectivity index (χ3n) is 4.28. The first kappa shape index (κ1) is 18.3. The zero-order valence-electron chi connectivity index (χ0n) is 14.6. The van der Waals surface area contributed by atoms with Crippen LogP contribution in [0.1, 0.15) is 42.0 Å². The standard InChI is InChI=1S/C21H21BrO2S/c1-13(2)18-10-19-16(9-21(23)24-20(19)8-14(18)3)12-25-11-15-4-6-17(22)7-5-15/h4-10,13H,11-12H2,1-3H3. The van der Waals surface area contributed by atoms with Crippen molar-refractivity contribution in [2.75, 3.05) is 0 Å². The van der Waals surface area contributed by atoms with Gasteiger partial charge in [-0.1, -0.05) is 41.9 Å². The molecule has 1 aromatic heterocycles. The van der Waals surface area contributed by atoms with Gasteiger partial charge < -0.3 is 4.42 Å². The molecule has 0 saturated carbocycles. The summed E-state index contributed by atoms with van der Waals surface area (Å²) >= 11 is 5.27. The van der Waals surface area contributed by atoms with Crippen LogP contribution in [0.4, 0.5) is 0 Å². The first-order valence-electron chi connectivity index (χ1n) is 8.33. The van der Waals surface area contributed by atoms with Gasteiger partial charge in [0.15, 0.2) is 0 Å². The highest BCUT2D eigenvalue weighted by Crippen LogP contribution is 2.29. The summed E-state index contributed by atoms with van der Waals surface area (Å²) < 4.78 is 6.51. The number of rotatable bonds is 5. The van der Waals surface area contributed by atoms with Gasteiger partial charge in [0.2, 0.25) is 0 Å².